The Bertz CT molecular complexity index is 40.5. The third-order valence-electron chi connectivity index (χ3n) is 0.204. The van der Waals surface area contributed by atoms with Crippen LogP contribution in [-0.2, 0) is 4.34 Å². The van der Waals surface area contributed by atoms with Crippen LogP contribution in [0.3, 0.4) is 0 Å². The van der Waals surface area contributed by atoms with Crippen molar-refractivity contribution in [3.8, 4) is 0 Å². The van der Waals surface area contributed by atoms with Crippen molar-refractivity contribution >= 4 is 17.4 Å². The second-order valence-corrected chi connectivity index (χ2v) is 1.42. The van der Waals surface area contributed by atoms with Crippen molar-refractivity contribution in [3.05, 3.63) is 12.3 Å². The van der Waals surface area contributed by atoms with Gasteiger partial charge in [0.15, 0.2) is 0 Å². The lowest BCUT2D eigenvalue weighted by molar-refractivity contribution is 0.473. The molecule has 0 bridgehead atoms. The zero-order valence-electron chi connectivity index (χ0n) is 3.22. The van der Waals surface area contributed by atoms with Gasteiger partial charge in [0.25, 0.3) is 0 Å². The van der Waals surface area contributed by atoms with Gasteiger partial charge in [0, 0.05) is 0 Å². The molecule has 6 heavy (non-hydrogen) atoms. The van der Waals surface area contributed by atoms with Gasteiger partial charge in [-0.2, -0.15) is 0 Å². The molecule has 2 nitrogen and oxygen atoms in total. The summed E-state index contributed by atoms with van der Waals surface area (Å²) in [4.78, 5) is 0. The minimum Gasteiger partial charge on any atom is -0.453 e. The highest BCUT2D eigenvalue weighted by atomic mass is 28.2. The lowest BCUT2D eigenvalue weighted by Crippen LogP contribution is -1.98. The maximum absolute atomic E-state index is 7.81. The molecular weight excluding hydrogens is 94.9 g/mol. The molecule has 0 heterocycles. The van der Waals surface area contributed by atoms with Gasteiger partial charge in [-0.15, -0.1) is 6.58 Å². The van der Waals surface area contributed by atoms with E-state index in [4.69, 9.17) is 5.02 Å². The lowest BCUT2D eigenvalue weighted by atomic mass is 10.4. The minimum atomic E-state index is 0.173. The van der Waals surface area contributed by atoms with Gasteiger partial charge in [-0.05, 0) is 0 Å². The van der Waals surface area contributed by atoms with E-state index in [1.807, 2.05) is 0 Å². The van der Waals surface area contributed by atoms with Crippen molar-refractivity contribution in [3.63, 3.8) is 0 Å². The predicted octanol–water partition coefficient (Wildman–Crippen LogP) is -0.708. The van der Waals surface area contributed by atoms with Gasteiger partial charge in [0.05, 0.1) is 0 Å². The highest BCUT2D eigenvalue weighted by Gasteiger charge is 1.79. The van der Waals surface area contributed by atoms with E-state index >= 15 is 0 Å². The third-order valence-corrected chi connectivity index (χ3v) is 0.612. The van der Waals surface area contributed by atoms with Crippen molar-refractivity contribution < 1.29 is 9.37 Å². The molecule has 0 aromatic rings. The Labute approximate surface area is 40.1 Å². The van der Waals surface area contributed by atoms with Crippen LogP contribution < -0.4 is 0 Å². The summed E-state index contributed by atoms with van der Waals surface area (Å²) < 4.78 is 4.32. The maximum atomic E-state index is 7.81. The lowest BCUT2D eigenvalue weighted by Gasteiger charge is -1.82. The Morgan fingerprint density at radius 2 is 2.67 bits per heavy atom. The zero-order chi connectivity index (χ0) is 4.83. The molecule has 0 aromatic heterocycles. The Morgan fingerprint density at radius 1 is 2.00 bits per heavy atom. The molecule has 0 unspecified atom stereocenters. The fourth-order valence-electron chi connectivity index (χ4n) is 0.0785. The van der Waals surface area contributed by atoms with E-state index in [-0.39, 0.29) is 9.76 Å². The van der Waals surface area contributed by atoms with Gasteiger partial charge in [0.2, 0.25) is 9.76 Å². The molecular formula is C2H4BO2Si. The highest BCUT2D eigenvalue weighted by Crippen LogP contribution is 1.59. The first kappa shape index (κ1) is 5.94. The monoisotopic (exact) mass is 99.0 g/mol. The summed E-state index contributed by atoms with van der Waals surface area (Å²) in [6.07, 6.45) is 0. The van der Waals surface area contributed by atoms with Crippen LogP contribution in [0.25, 0.3) is 0 Å². The molecule has 0 atom stereocenters. The molecule has 0 aromatic carbocycles. The van der Waals surface area contributed by atoms with Gasteiger partial charge in [0.1, 0.15) is 0 Å². The van der Waals surface area contributed by atoms with Crippen LogP contribution in [0, 0.1) is 0 Å². The Hall–Kier alpha value is -0.0582. The van der Waals surface area contributed by atoms with Crippen LogP contribution in [0.4, 0.5) is 0 Å². The molecule has 0 aliphatic carbocycles. The molecule has 0 amide bonds. The SMILES string of the molecule is C=C[Si]O[B]O. The van der Waals surface area contributed by atoms with Gasteiger partial charge in [-0.1, -0.05) is 5.70 Å². The molecule has 1 N–H and O–H groups in total. The van der Waals surface area contributed by atoms with E-state index in [1.54, 1.807) is 5.70 Å². The molecule has 0 aliphatic heterocycles. The second-order valence-electron chi connectivity index (χ2n) is 0.545. The summed E-state index contributed by atoms with van der Waals surface area (Å²) in [5, 5.41) is 7.81. The molecule has 0 aliphatic rings. The molecule has 4 heteroatoms. The van der Waals surface area contributed by atoms with Crippen LogP contribution in [0.5, 0.6) is 0 Å². The van der Waals surface area contributed by atoms with Gasteiger partial charge in [-0.3, -0.25) is 0 Å². The molecule has 0 rings (SSSR count). The summed E-state index contributed by atoms with van der Waals surface area (Å²) in [5.41, 5.74) is 1.58. The normalized spacial score (nSPS) is 7.50. The minimum absolute atomic E-state index is 0.173. The third kappa shape index (κ3) is 3.94. The Balaban J connectivity index is 2.49. The molecule has 0 saturated heterocycles. The van der Waals surface area contributed by atoms with Crippen LogP contribution in [0.2, 0.25) is 0 Å². The fourth-order valence-corrected chi connectivity index (χ4v) is 0.236. The summed E-state index contributed by atoms with van der Waals surface area (Å²) in [6, 6.07) is 0. The molecule has 31 valence electrons. The Kier molecular flexibility index (Phi) is 4.89. The topological polar surface area (TPSA) is 29.5 Å². The smallest absolute Gasteiger partial charge is 0.453 e. The van der Waals surface area contributed by atoms with Crippen molar-refractivity contribution in [2.75, 3.05) is 0 Å². The van der Waals surface area contributed by atoms with E-state index < -0.39 is 0 Å². The van der Waals surface area contributed by atoms with Crippen LogP contribution in [-0.4, -0.2) is 22.5 Å². The molecule has 3 radical (unpaired) electrons. The summed E-state index contributed by atoms with van der Waals surface area (Å²) in [7, 11) is 0.826. The first-order valence-electron chi connectivity index (χ1n) is 1.39. The quantitative estimate of drug-likeness (QED) is 0.374. The Morgan fingerprint density at radius 3 is 2.83 bits per heavy atom. The number of rotatable bonds is 3. The van der Waals surface area contributed by atoms with E-state index in [9.17, 15) is 0 Å². The average molecular weight is 98.9 g/mol. The van der Waals surface area contributed by atoms with Crippen LogP contribution in [0.1, 0.15) is 0 Å². The zero-order valence-corrected chi connectivity index (χ0v) is 4.22. The molecule has 0 saturated carbocycles. The summed E-state index contributed by atoms with van der Waals surface area (Å²) in [5.74, 6) is 0. The summed E-state index contributed by atoms with van der Waals surface area (Å²) >= 11 is 0. The molecule has 0 spiro atoms. The number of hydrogen-bond acceptors (Lipinski definition) is 2. The average Bonchev–Trinajstić information content (AvgIpc) is 1.61. The summed E-state index contributed by atoms with van der Waals surface area (Å²) in [6.45, 7) is 3.35. The first-order valence-corrected chi connectivity index (χ1v) is 2.38. The van der Waals surface area contributed by atoms with E-state index in [2.05, 4.69) is 10.9 Å². The number of hydrogen-bond donors (Lipinski definition) is 1. The van der Waals surface area contributed by atoms with E-state index in [1.165, 1.54) is 0 Å². The van der Waals surface area contributed by atoms with Crippen molar-refractivity contribution in [1.29, 1.82) is 0 Å². The van der Waals surface area contributed by atoms with Crippen molar-refractivity contribution in [1.82, 2.24) is 0 Å². The van der Waals surface area contributed by atoms with E-state index in [0.29, 0.717) is 7.69 Å². The second kappa shape index (κ2) is 4.94. The van der Waals surface area contributed by atoms with Crippen LogP contribution in [0.15, 0.2) is 12.3 Å². The van der Waals surface area contributed by atoms with E-state index in [0.717, 1.165) is 0 Å². The largest absolute Gasteiger partial charge is 0.473 e. The van der Waals surface area contributed by atoms with Crippen molar-refractivity contribution in [2.45, 2.75) is 0 Å². The van der Waals surface area contributed by atoms with Crippen molar-refractivity contribution in [2.24, 2.45) is 0 Å². The maximum Gasteiger partial charge on any atom is 0.473 e. The standard InChI is InChI=1S/C2H4BO2Si/c1-2-6-5-3-4/h2,4H,1H2. The van der Waals surface area contributed by atoms with Crippen LogP contribution >= 0.6 is 0 Å². The molecule has 0 fully saturated rings. The fraction of sp³-hybridized carbons (Fsp3) is 0. The van der Waals surface area contributed by atoms with Gasteiger partial charge < -0.3 is 9.37 Å². The van der Waals surface area contributed by atoms with Gasteiger partial charge >= 0.3 is 7.69 Å². The predicted molar refractivity (Wildman–Crippen MR) is 25.0 cm³/mol. The van der Waals surface area contributed by atoms with Gasteiger partial charge in [-0.25, -0.2) is 0 Å². The first-order chi connectivity index (χ1) is 2.91. The highest BCUT2D eigenvalue weighted by molar-refractivity contribution is 6.42.